The Kier molecular flexibility index (Phi) is 5.31. The Morgan fingerprint density at radius 1 is 1.09 bits per heavy atom. The van der Waals surface area contributed by atoms with Crippen molar-refractivity contribution in [1.82, 2.24) is 0 Å². The van der Waals surface area contributed by atoms with Gasteiger partial charge in [-0.15, -0.1) is 0 Å². The molecule has 2 rings (SSSR count). The molecule has 0 aliphatic carbocycles. The van der Waals surface area contributed by atoms with E-state index in [0.29, 0.717) is 6.42 Å². The van der Waals surface area contributed by atoms with Gasteiger partial charge < -0.3 is 15.6 Å². The Bertz CT molecular complexity index is 620. The van der Waals surface area contributed by atoms with E-state index >= 15 is 0 Å². The van der Waals surface area contributed by atoms with Gasteiger partial charge in [0.1, 0.15) is 6.04 Å². The van der Waals surface area contributed by atoms with Gasteiger partial charge in [0.15, 0.2) is 0 Å². The predicted molar refractivity (Wildman–Crippen MR) is 86.6 cm³/mol. The van der Waals surface area contributed by atoms with Gasteiger partial charge in [-0.25, -0.2) is 0 Å². The van der Waals surface area contributed by atoms with E-state index in [1.54, 1.807) is 7.11 Å². The van der Waals surface area contributed by atoms with Crippen LogP contribution < -0.4 is 5.73 Å². The monoisotopic (exact) mass is 299 g/mol. The maximum Gasteiger partial charge on any atom is 0.320 e. The van der Waals surface area contributed by atoms with Crippen LogP contribution in [0.15, 0.2) is 48.5 Å². The second-order valence-corrected chi connectivity index (χ2v) is 5.35. The number of rotatable bonds is 6. The van der Waals surface area contributed by atoms with Crippen molar-refractivity contribution in [3.8, 4) is 11.1 Å². The molecule has 0 saturated heterocycles. The maximum absolute atomic E-state index is 10.8. The minimum atomic E-state index is -0.980. The first-order chi connectivity index (χ1) is 10.5. The van der Waals surface area contributed by atoms with Crippen molar-refractivity contribution >= 4 is 5.97 Å². The van der Waals surface area contributed by atoms with Gasteiger partial charge in [0.05, 0.1) is 6.10 Å². The lowest BCUT2D eigenvalue weighted by molar-refractivity contribution is -0.138. The van der Waals surface area contributed by atoms with E-state index < -0.39 is 12.0 Å². The van der Waals surface area contributed by atoms with E-state index in [9.17, 15) is 4.79 Å². The number of ether oxygens (including phenoxy) is 1. The average Bonchev–Trinajstić information content (AvgIpc) is 2.55. The van der Waals surface area contributed by atoms with Crippen LogP contribution in [-0.4, -0.2) is 24.2 Å². The van der Waals surface area contributed by atoms with Crippen molar-refractivity contribution < 1.29 is 14.6 Å². The van der Waals surface area contributed by atoms with Gasteiger partial charge in [0.2, 0.25) is 0 Å². The van der Waals surface area contributed by atoms with Crippen LogP contribution in [-0.2, 0) is 16.0 Å². The molecule has 0 aliphatic rings. The Hall–Kier alpha value is -2.17. The number of carbonyl (C=O) groups is 1. The van der Waals surface area contributed by atoms with Gasteiger partial charge in [0, 0.05) is 7.11 Å². The number of hydrogen-bond donors (Lipinski definition) is 2. The summed E-state index contributed by atoms with van der Waals surface area (Å²) < 4.78 is 5.29. The molecule has 0 aliphatic heterocycles. The van der Waals surface area contributed by atoms with Crippen LogP contribution in [0.4, 0.5) is 0 Å². The van der Waals surface area contributed by atoms with E-state index in [0.717, 1.165) is 22.3 Å². The summed E-state index contributed by atoms with van der Waals surface area (Å²) in [5.41, 5.74) is 9.80. The molecule has 0 saturated carbocycles. The summed E-state index contributed by atoms with van der Waals surface area (Å²) >= 11 is 0. The summed E-state index contributed by atoms with van der Waals surface area (Å²) in [6.45, 7) is 2.01. The normalized spacial score (nSPS) is 13.6. The Labute approximate surface area is 130 Å². The smallest absolute Gasteiger partial charge is 0.320 e. The van der Waals surface area contributed by atoms with Gasteiger partial charge in [-0.05, 0) is 35.6 Å². The highest BCUT2D eigenvalue weighted by molar-refractivity contribution is 5.73. The molecular weight excluding hydrogens is 278 g/mol. The largest absolute Gasteiger partial charge is 0.480 e. The van der Waals surface area contributed by atoms with Crippen molar-refractivity contribution in [3.63, 3.8) is 0 Å². The van der Waals surface area contributed by atoms with Crippen LogP contribution in [0, 0.1) is 0 Å². The maximum atomic E-state index is 10.8. The van der Waals surface area contributed by atoms with Crippen LogP contribution in [0.25, 0.3) is 11.1 Å². The molecule has 2 aromatic rings. The molecule has 3 N–H and O–H groups in total. The number of carboxylic acid groups (broad SMARTS) is 1. The molecule has 2 aromatic carbocycles. The van der Waals surface area contributed by atoms with E-state index in [-0.39, 0.29) is 6.10 Å². The molecule has 22 heavy (non-hydrogen) atoms. The first-order valence-electron chi connectivity index (χ1n) is 7.21. The standard InChI is InChI=1S/C18H21NO3/c1-12(22-2)14-7-9-16(10-8-14)15-5-3-13(4-6-15)11-17(19)18(20)21/h3-10,12,17H,11,19H2,1-2H3,(H,20,21). The summed E-state index contributed by atoms with van der Waals surface area (Å²) in [5, 5.41) is 8.83. The number of aliphatic carboxylic acids is 1. The number of methoxy groups -OCH3 is 1. The van der Waals surface area contributed by atoms with E-state index in [4.69, 9.17) is 15.6 Å². The third-order valence-corrected chi connectivity index (χ3v) is 3.79. The number of carboxylic acids is 1. The molecule has 0 fully saturated rings. The molecule has 0 spiro atoms. The fourth-order valence-corrected chi connectivity index (χ4v) is 2.26. The van der Waals surface area contributed by atoms with Crippen molar-refractivity contribution in [2.75, 3.05) is 7.11 Å². The number of hydrogen-bond acceptors (Lipinski definition) is 3. The van der Waals surface area contributed by atoms with E-state index in [1.807, 2.05) is 31.2 Å². The van der Waals surface area contributed by atoms with Gasteiger partial charge in [0.25, 0.3) is 0 Å². The lowest BCUT2D eigenvalue weighted by Gasteiger charge is -2.11. The molecule has 2 unspecified atom stereocenters. The second-order valence-electron chi connectivity index (χ2n) is 5.35. The highest BCUT2D eigenvalue weighted by atomic mass is 16.5. The summed E-state index contributed by atoms with van der Waals surface area (Å²) in [4.78, 5) is 10.8. The van der Waals surface area contributed by atoms with Crippen LogP contribution >= 0.6 is 0 Å². The number of benzene rings is 2. The molecule has 0 bridgehead atoms. The lowest BCUT2D eigenvalue weighted by atomic mass is 9.99. The molecule has 2 atom stereocenters. The molecule has 0 aromatic heterocycles. The predicted octanol–water partition coefficient (Wildman–Crippen LogP) is 3.02. The molecular formula is C18H21NO3. The van der Waals surface area contributed by atoms with Crippen LogP contribution in [0.5, 0.6) is 0 Å². The fourth-order valence-electron chi connectivity index (χ4n) is 2.26. The SMILES string of the molecule is COC(C)c1ccc(-c2ccc(CC(N)C(=O)O)cc2)cc1. The van der Waals surface area contributed by atoms with Gasteiger partial charge in [-0.3, -0.25) is 4.79 Å². The third kappa shape index (κ3) is 3.93. The highest BCUT2D eigenvalue weighted by Gasteiger charge is 2.12. The summed E-state index contributed by atoms with van der Waals surface area (Å²) in [7, 11) is 1.69. The van der Waals surface area contributed by atoms with Crippen molar-refractivity contribution in [2.45, 2.75) is 25.5 Å². The summed E-state index contributed by atoms with van der Waals surface area (Å²) in [6.07, 6.45) is 0.411. The van der Waals surface area contributed by atoms with Gasteiger partial charge >= 0.3 is 5.97 Å². The van der Waals surface area contributed by atoms with E-state index in [1.165, 1.54) is 0 Å². The fraction of sp³-hybridized carbons (Fsp3) is 0.278. The minimum absolute atomic E-state index is 0.0777. The van der Waals surface area contributed by atoms with Crippen molar-refractivity contribution in [1.29, 1.82) is 0 Å². The number of nitrogens with two attached hydrogens (primary N) is 1. The summed E-state index contributed by atoms with van der Waals surface area (Å²) in [5.74, 6) is -0.980. The lowest BCUT2D eigenvalue weighted by Crippen LogP contribution is -2.32. The Morgan fingerprint density at radius 3 is 2.05 bits per heavy atom. The Morgan fingerprint density at radius 2 is 1.59 bits per heavy atom. The minimum Gasteiger partial charge on any atom is -0.480 e. The zero-order chi connectivity index (χ0) is 16.1. The molecule has 0 amide bonds. The van der Waals surface area contributed by atoms with Crippen LogP contribution in [0.1, 0.15) is 24.2 Å². The average molecular weight is 299 g/mol. The van der Waals surface area contributed by atoms with E-state index in [2.05, 4.69) is 24.3 Å². The Balaban J connectivity index is 2.11. The first-order valence-corrected chi connectivity index (χ1v) is 7.21. The summed E-state index contributed by atoms with van der Waals surface area (Å²) in [6, 6.07) is 15.2. The van der Waals surface area contributed by atoms with Crippen LogP contribution in [0.3, 0.4) is 0 Å². The molecule has 0 radical (unpaired) electrons. The first kappa shape index (κ1) is 16.2. The van der Waals surface area contributed by atoms with Gasteiger partial charge in [-0.2, -0.15) is 0 Å². The molecule has 0 heterocycles. The molecule has 4 nitrogen and oxygen atoms in total. The highest BCUT2D eigenvalue weighted by Crippen LogP contribution is 2.23. The molecule has 4 heteroatoms. The molecule has 116 valence electrons. The van der Waals surface area contributed by atoms with Crippen molar-refractivity contribution in [3.05, 3.63) is 59.7 Å². The van der Waals surface area contributed by atoms with Crippen LogP contribution in [0.2, 0.25) is 0 Å². The zero-order valence-corrected chi connectivity index (χ0v) is 12.8. The quantitative estimate of drug-likeness (QED) is 0.860. The topological polar surface area (TPSA) is 72.5 Å². The van der Waals surface area contributed by atoms with Crippen molar-refractivity contribution in [2.24, 2.45) is 5.73 Å². The third-order valence-electron chi connectivity index (χ3n) is 3.79. The van der Waals surface area contributed by atoms with Gasteiger partial charge in [-0.1, -0.05) is 48.5 Å². The second kappa shape index (κ2) is 7.20. The zero-order valence-electron chi connectivity index (χ0n) is 12.8.